The quantitative estimate of drug-likeness (QED) is 0.568. The summed E-state index contributed by atoms with van der Waals surface area (Å²) in [5.41, 5.74) is 10.1. The molecule has 2 aliphatic rings. The molecule has 0 spiro atoms. The number of hydrogen-bond donors (Lipinski definition) is 3. The highest BCUT2D eigenvalue weighted by atomic mass is 16.2. The molecule has 11 nitrogen and oxygen atoms in total. The molecule has 2 saturated heterocycles. The molecule has 3 heterocycles. The number of piperidine rings is 1. The van der Waals surface area contributed by atoms with Crippen molar-refractivity contribution in [1.29, 1.82) is 0 Å². The molecule has 2 fully saturated rings. The highest BCUT2D eigenvalue weighted by molar-refractivity contribution is 6.03. The SMILES string of the molecule is CC(C)C[C@H]1NC(=O)[C@@H]2C[C@@H](n3nnc(C(N)=O)c3C(N)=O)CCN2C1=O. The maximum atomic E-state index is 12.7. The lowest BCUT2D eigenvalue weighted by molar-refractivity contribution is -0.152. The Balaban J connectivity index is 1.84. The van der Waals surface area contributed by atoms with Crippen LogP contribution >= 0.6 is 0 Å². The highest BCUT2D eigenvalue weighted by Gasteiger charge is 2.45. The second-order valence-electron chi connectivity index (χ2n) is 7.38. The molecule has 2 aliphatic heterocycles. The molecule has 0 bridgehead atoms. The van der Waals surface area contributed by atoms with Gasteiger partial charge in [-0.05, 0) is 25.2 Å². The van der Waals surface area contributed by atoms with Gasteiger partial charge in [0.25, 0.3) is 11.8 Å². The van der Waals surface area contributed by atoms with Crippen molar-refractivity contribution in [2.75, 3.05) is 6.54 Å². The summed E-state index contributed by atoms with van der Waals surface area (Å²) in [6, 6.07) is -1.59. The summed E-state index contributed by atoms with van der Waals surface area (Å²) in [4.78, 5) is 50.1. The molecule has 1 aromatic heterocycles. The van der Waals surface area contributed by atoms with Gasteiger partial charge in [-0.15, -0.1) is 5.10 Å². The lowest BCUT2D eigenvalue weighted by Gasteiger charge is -2.44. The van der Waals surface area contributed by atoms with E-state index in [0.717, 1.165) is 0 Å². The van der Waals surface area contributed by atoms with Crippen molar-refractivity contribution < 1.29 is 19.2 Å². The maximum absolute atomic E-state index is 12.7. The standard InChI is InChI=1S/C16H23N7O4/c1-7(2)5-9-16(27)22-4-3-8(6-10(22)15(26)19-9)23-12(14(18)25)11(13(17)24)20-21-23/h7-10H,3-6H2,1-2H3,(H2,17,24)(H2,18,25)(H,19,26)/t8-,9+,10-/m0/s1. The number of nitrogens with two attached hydrogens (primary N) is 2. The van der Waals surface area contributed by atoms with Gasteiger partial charge in [-0.2, -0.15) is 0 Å². The van der Waals surface area contributed by atoms with Crippen LogP contribution in [0, 0.1) is 5.92 Å². The van der Waals surface area contributed by atoms with Crippen molar-refractivity contribution in [3.8, 4) is 0 Å². The van der Waals surface area contributed by atoms with Crippen LogP contribution in [-0.4, -0.2) is 62.2 Å². The number of piperazine rings is 1. The summed E-state index contributed by atoms with van der Waals surface area (Å²) in [5.74, 6) is -1.85. The fourth-order valence-electron chi connectivity index (χ4n) is 3.79. The van der Waals surface area contributed by atoms with E-state index in [2.05, 4.69) is 15.6 Å². The Morgan fingerprint density at radius 3 is 2.56 bits per heavy atom. The first-order chi connectivity index (χ1) is 12.7. The molecule has 146 valence electrons. The zero-order chi connectivity index (χ0) is 19.9. The minimum atomic E-state index is -0.908. The third-order valence-electron chi connectivity index (χ3n) is 4.99. The van der Waals surface area contributed by atoms with Crippen molar-refractivity contribution in [3.05, 3.63) is 11.4 Å². The normalized spacial score (nSPS) is 25.3. The van der Waals surface area contributed by atoms with E-state index in [0.29, 0.717) is 19.4 Å². The summed E-state index contributed by atoms with van der Waals surface area (Å²) in [6.45, 7) is 4.31. The summed E-state index contributed by atoms with van der Waals surface area (Å²) in [7, 11) is 0. The smallest absolute Gasteiger partial charge is 0.271 e. The highest BCUT2D eigenvalue weighted by Crippen LogP contribution is 2.31. The van der Waals surface area contributed by atoms with Crippen molar-refractivity contribution in [2.45, 2.75) is 51.2 Å². The number of nitrogens with one attached hydrogen (secondary N) is 1. The second kappa shape index (κ2) is 6.97. The molecule has 27 heavy (non-hydrogen) atoms. The molecular formula is C16H23N7O4. The predicted octanol–water partition coefficient (Wildman–Crippen LogP) is -1.45. The van der Waals surface area contributed by atoms with Gasteiger partial charge in [0.15, 0.2) is 11.4 Å². The number of aromatic nitrogens is 3. The van der Waals surface area contributed by atoms with Crippen LogP contribution in [0.4, 0.5) is 0 Å². The van der Waals surface area contributed by atoms with Gasteiger partial charge in [0.1, 0.15) is 12.1 Å². The van der Waals surface area contributed by atoms with E-state index in [1.165, 1.54) is 4.68 Å². The van der Waals surface area contributed by atoms with Gasteiger partial charge in [-0.1, -0.05) is 19.1 Å². The van der Waals surface area contributed by atoms with Gasteiger partial charge in [0.2, 0.25) is 11.8 Å². The first-order valence-electron chi connectivity index (χ1n) is 8.86. The third-order valence-corrected chi connectivity index (χ3v) is 4.99. The summed E-state index contributed by atoms with van der Waals surface area (Å²) >= 11 is 0. The third kappa shape index (κ3) is 3.36. The fourth-order valence-corrected chi connectivity index (χ4v) is 3.79. The first kappa shape index (κ1) is 18.8. The van der Waals surface area contributed by atoms with E-state index < -0.39 is 29.9 Å². The van der Waals surface area contributed by atoms with E-state index in [9.17, 15) is 19.2 Å². The van der Waals surface area contributed by atoms with Crippen LogP contribution in [-0.2, 0) is 9.59 Å². The molecule has 0 aliphatic carbocycles. The van der Waals surface area contributed by atoms with Gasteiger partial charge in [-0.25, -0.2) is 4.68 Å². The van der Waals surface area contributed by atoms with E-state index in [1.807, 2.05) is 13.8 Å². The maximum Gasteiger partial charge on any atom is 0.271 e. The number of primary amides is 2. The lowest BCUT2D eigenvalue weighted by Crippen LogP contribution is -2.65. The summed E-state index contributed by atoms with van der Waals surface area (Å²) in [5, 5.41) is 10.3. The molecule has 0 aromatic carbocycles. The Kier molecular flexibility index (Phi) is 4.85. The summed E-state index contributed by atoms with van der Waals surface area (Å²) in [6.07, 6.45) is 1.27. The number of hydrogen-bond acceptors (Lipinski definition) is 6. The van der Waals surface area contributed by atoms with E-state index in [-0.39, 0.29) is 35.5 Å². The number of carbonyl (C=O) groups excluding carboxylic acids is 4. The molecule has 0 saturated carbocycles. The van der Waals surface area contributed by atoms with Gasteiger partial charge in [0.05, 0.1) is 6.04 Å². The predicted molar refractivity (Wildman–Crippen MR) is 92.2 cm³/mol. The Morgan fingerprint density at radius 2 is 1.96 bits per heavy atom. The Morgan fingerprint density at radius 1 is 1.26 bits per heavy atom. The lowest BCUT2D eigenvalue weighted by atomic mass is 9.91. The first-order valence-corrected chi connectivity index (χ1v) is 8.86. The minimum Gasteiger partial charge on any atom is -0.364 e. The number of rotatable bonds is 5. The van der Waals surface area contributed by atoms with Gasteiger partial charge in [0, 0.05) is 6.54 Å². The molecule has 0 radical (unpaired) electrons. The van der Waals surface area contributed by atoms with Crippen LogP contribution in [0.5, 0.6) is 0 Å². The Hall–Kier alpha value is -2.98. The van der Waals surface area contributed by atoms with E-state index in [1.54, 1.807) is 4.90 Å². The van der Waals surface area contributed by atoms with Gasteiger partial charge in [-0.3, -0.25) is 19.2 Å². The van der Waals surface area contributed by atoms with E-state index >= 15 is 0 Å². The fraction of sp³-hybridized carbons (Fsp3) is 0.625. The molecule has 3 atom stereocenters. The Labute approximate surface area is 155 Å². The van der Waals surface area contributed by atoms with Gasteiger partial charge >= 0.3 is 0 Å². The topological polar surface area (TPSA) is 166 Å². The number of fused-ring (bicyclic) bond motifs is 1. The number of amides is 4. The van der Waals surface area contributed by atoms with Crippen LogP contribution in [0.2, 0.25) is 0 Å². The molecule has 11 heteroatoms. The number of nitrogens with zero attached hydrogens (tertiary/aromatic N) is 4. The average Bonchev–Trinajstić information content (AvgIpc) is 3.04. The van der Waals surface area contributed by atoms with Crippen molar-refractivity contribution in [3.63, 3.8) is 0 Å². The molecule has 5 N–H and O–H groups in total. The van der Waals surface area contributed by atoms with Gasteiger partial charge < -0.3 is 21.7 Å². The summed E-state index contributed by atoms with van der Waals surface area (Å²) < 4.78 is 1.25. The largest absolute Gasteiger partial charge is 0.364 e. The number of carbonyl (C=O) groups is 4. The molecule has 4 amide bonds. The van der Waals surface area contributed by atoms with Crippen LogP contribution in [0.25, 0.3) is 0 Å². The zero-order valence-electron chi connectivity index (χ0n) is 15.2. The zero-order valence-corrected chi connectivity index (χ0v) is 15.2. The van der Waals surface area contributed by atoms with Crippen molar-refractivity contribution in [2.24, 2.45) is 17.4 Å². The van der Waals surface area contributed by atoms with Crippen molar-refractivity contribution >= 4 is 23.6 Å². The molecule has 0 unspecified atom stereocenters. The molecule has 1 aromatic rings. The van der Waals surface area contributed by atoms with Crippen molar-refractivity contribution in [1.82, 2.24) is 25.2 Å². The monoisotopic (exact) mass is 377 g/mol. The molecular weight excluding hydrogens is 354 g/mol. The minimum absolute atomic E-state index is 0.0988. The van der Waals surface area contributed by atoms with E-state index in [4.69, 9.17) is 11.5 Å². The average molecular weight is 377 g/mol. The van der Waals surface area contributed by atoms with Crippen LogP contribution in [0.3, 0.4) is 0 Å². The second-order valence-corrected chi connectivity index (χ2v) is 7.38. The van der Waals surface area contributed by atoms with Crippen LogP contribution < -0.4 is 16.8 Å². The van der Waals surface area contributed by atoms with Crippen LogP contribution in [0.1, 0.15) is 60.1 Å². The Bertz CT molecular complexity index is 803. The van der Waals surface area contributed by atoms with Crippen LogP contribution in [0.15, 0.2) is 0 Å². The molecule has 3 rings (SSSR count).